The van der Waals surface area contributed by atoms with Crippen molar-refractivity contribution in [2.75, 3.05) is 0 Å². The Labute approximate surface area is 395 Å². The number of aryl methyl sites for hydroxylation is 2. The van der Waals surface area contributed by atoms with E-state index in [4.69, 9.17) is 19.0 Å². The number of hydrogen-bond donors (Lipinski definition) is 3. The summed E-state index contributed by atoms with van der Waals surface area (Å²) in [5.74, 6) is -1.25. The number of sulfonamides is 1. The molecule has 0 aromatic heterocycles. The summed E-state index contributed by atoms with van der Waals surface area (Å²) in [4.78, 5) is 66.6. The summed E-state index contributed by atoms with van der Waals surface area (Å²) in [6.45, 7) is 12.0. The van der Waals surface area contributed by atoms with Gasteiger partial charge in [0.05, 0.1) is 14.7 Å². The lowest BCUT2D eigenvalue weighted by Gasteiger charge is -2.09. The number of nitrogens with two attached hydrogens (primary N) is 1. The van der Waals surface area contributed by atoms with Crippen LogP contribution in [0.15, 0.2) is 118 Å². The van der Waals surface area contributed by atoms with E-state index >= 15 is 0 Å². The van der Waals surface area contributed by atoms with Gasteiger partial charge in [-0.2, -0.15) is 16.8 Å². The highest BCUT2D eigenvalue weighted by Gasteiger charge is 2.17. The number of Topliss-reactive ketones (excluding diaryl/α,β-unsaturated/α-hetero) is 6. The molecule has 5 aromatic rings. The lowest BCUT2D eigenvalue weighted by Crippen LogP contribution is -2.14. The van der Waals surface area contributed by atoms with Crippen molar-refractivity contribution in [2.45, 2.75) is 99.8 Å². The summed E-state index contributed by atoms with van der Waals surface area (Å²) in [6.07, 6.45) is 0. The Morgan fingerprint density at radius 2 is 0.642 bits per heavy atom. The molecule has 4 N–H and O–H groups in total. The van der Waals surface area contributed by atoms with Crippen LogP contribution in [0.3, 0.4) is 0 Å². The topological polar surface area (TPSA) is 281 Å². The van der Waals surface area contributed by atoms with E-state index in [1.807, 2.05) is 0 Å². The predicted molar refractivity (Wildman–Crippen MR) is 260 cm³/mol. The molecule has 0 saturated heterocycles. The number of rotatable bonds is 11. The Morgan fingerprint density at radius 3 is 0.881 bits per heavy atom. The van der Waals surface area contributed by atoms with Crippen molar-refractivity contribution in [3.05, 3.63) is 148 Å². The van der Waals surface area contributed by atoms with Crippen molar-refractivity contribution in [3.63, 3.8) is 0 Å². The predicted octanol–water partition coefficient (Wildman–Crippen LogP) is 10.1. The van der Waals surface area contributed by atoms with Crippen molar-refractivity contribution in [1.82, 2.24) is 0 Å². The van der Waals surface area contributed by atoms with E-state index in [0.717, 1.165) is 24.3 Å². The molecule has 0 unspecified atom stereocenters. The second-order valence-electron chi connectivity index (χ2n) is 13.8. The van der Waals surface area contributed by atoms with Gasteiger partial charge in [0.15, 0.2) is 34.7 Å². The zero-order valence-corrected chi connectivity index (χ0v) is 37.8. The quantitative estimate of drug-likeness (QED) is 0.0819. The Hall–Kier alpha value is -6.35. The van der Waals surface area contributed by atoms with Crippen LogP contribution in [0.25, 0.3) is 0 Å². The van der Waals surface area contributed by atoms with Crippen molar-refractivity contribution in [2.24, 2.45) is 5.14 Å². The second kappa shape index (κ2) is 27.3. The van der Waals surface area contributed by atoms with Crippen LogP contribution in [-0.4, -0.2) is 69.1 Å². The van der Waals surface area contributed by atoms with E-state index in [1.165, 1.54) is 107 Å². The highest BCUT2D eigenvalue weighted by atomic mass is 32.2. The molecular formula is C48H61NO15S3. The number of carbonyl (C=O) groups excluding carboxylic acids is 6. The van der Waals surface area contributed by atoms with Crippen LogP contribution in [-0.2, 0) is 30.3 Å². The Balaban J connectivity index is -0.000000837. The maximum Gasteiger partial charge on any atom is 0.294 e. The van der Waals surface area contributed by atoms with Gasteiger partial charge in [-0.15, -0.1) is 0 Å². The first-order valence-corrected chi connectivity index (χ1v) is 22.6. The van der Waals surface area contributed by atoms with Crippen LogP contribution < -0.4 is 9.88 Å². The lowest BCUT2D eigenvalue weighted by atomic mass is 10.0. The molecule has 0 heterocycles. The molecule has 0 amide bonds. The summed E-state index contributed by atoms with van der Waals surface area (Å²) in [7, 11) is -12.6. The van der Waals surface area contributed by atoms with Gasteiger partial charge in [-0.3, -0.25) is 37.9 Å². The van der Waals surface area contributed by atoms with Crippen LogP contribution in [0.4, 0.5) is 0 Å². The van der Waals surface area contributed by atoms with Gasteiger partial charge in [-0.05, 0) is 134 Å². The van der Waals surface area contributed by atoms with Crippen LogP contribution in [0, 0.1) is 13.8 Å². The van der Waals surface area contributed by atoms with E-state index < -0.39 is 35.2 Å². The van der Waals surface area contributed by atoms with Crippen molar-refractivity contribution >= 4 is 65.0 Å². The molecule has 19 heteroatoms. The standard InChI is InChI=1S/C16H14O6S.C10H11NO4S.C10H10O5S.C8H10.4CH4/c1-10(17)12-7-13(11(2)18)9-15(8-12)22-14-3-5-16(6-4-14)23(19,20)21;1-6(12)8-3-9(7(2)13)5-10(4-8)16(11,14)15;1-6(11)8-3-9(7(2)12)5-10(4-8)16(13,14)15;1-7-3-5-8(2)6-4-7;;;;/h3-9H,1-2H3,(H,19,20,21);3-5H,1-2H3,(H2,11,14,15);3-5H,1-2H3,(H,13,14,15);3-6H,1-2H3;4*1H4. The number of ether oxygens (including phenoxy) is 1. The summed E-state index contributed by atoms with van der Waals surface area (Å²) in [5.41, 5.74) is 3.77. The van der Waals surface area contributed by atoms with Gasteiger partial charge in [-0.1, -0.05) is 65.1 Å². The summed E-state index contributed by atoms with van der Waals surface area (Å²) in [6, 6.07) is 25.1. The number of carbonyl (C=O) groups is 6. The zero-order valence-electron chi connectivity index (χ0n) is 35.3. The number of benzene rings is 5. The molecule has 0 aliphatic heterocycles. The first-order valence-electron chi connectivity index (χ1n) is 18.2. The molecule has 0 atom stereocenters. The molecule has 0 spiro atoms. The third-order valence-electron chi connectivity index (χ3n) is 8.36. The van der Waals surface area contributed by atoms with E-state index in [1.54, 1.807) is 0 Å². The molecule has 5 aromatic carbocycles. The van der Waals surface area contributed by atoms with Gasteiger partial charge in [0.2, 0.25) is 10.0 Å². The van der Waals surface area contributed by atoms with Crippen molar-refractivity contribution < 1.29 is 67.9 Å². The lowest BCUT2D eigenvalue weighted by molar-refractivity contribution is 0.0997. The molecule has 5 rings (SSSR count). The van der Waals surface area contributed by atoms with Gasteiger partial charge < -0.3 is 4.74 Å². The highest BCUT2D eigenvalue weighted by molar-refractivity contribution is 7.89. The van der Waals surface area contributed by atoms with Crippen molar-refractivity contribution in [1.29, 1.82) is 0 Å². The Morgan fingerprint density at radius 1 is 0.388 bits per heavy atom. The molecule has 0 aliphatic carbocycles. The molecule has 67 heavy (non-hydrogen) atoms. The number of hydrogen-bond acceptors (Lipinski definition) is 13. The number of primary sulfonamides is 1. The molecule has 0 bridgehead atoms. The molecule has 0 saturated carbocycles. The average Bonchev–Trinajstić information content (AvgIpc) is 3.18. The van der Waals surface area contributed by atoms with Crippen LogP contribution in [0.5, 0.6) is 11.5 Å². The second-order valence-corrected chi connectivity index (χ2v) is 18.2. The van der Waals surface area contributed by atoms with E-state index in [0.29, 0.717) is 16.9 Å². The van der Waals surface area contributed by atoms with E-state index in [2.05, 4.69) is 38.1 Å². The van der Waals surface area contributed by atoms with E-state index in [-0.39, 0.29) is 102 Å². The fourth-order valence-electron chi connectivity index (χ4n) is 4.84. The van der Waals surface area contributed by atoms with Gasteiger partial charge in [-0.25, -0.2) is 13.6 Å². The fraction of sp³-hybridized carbons (Fsp3) is 0.250. The summed E-state index contributed by atoms with van der Waals surface area (Å²) < 4.78 is 89.4. The Bertz CT molecular complexity index is 2680. The average molecular weight is 988 g/mol. The molecule has 0 fully saturated rings. The fourth-order valence-corrected chi connectivity index (χ4v) is 6.46. The maximum atomic E-state index is 11.5. The highest BCUT2D eigenvalue weighted by Crippen LogP contribution is 2.26. The normalized spacial score (nSPS) is 10.3. The largest absolute Gasteiger partial charge is 0.457 e. The monoisotopic (exact) mass is 987 g/mol. The minimum Gasteiger partial charge on any atom is -0.457 e. The maximum absolute atomic E-state index is 11.5. The minimum atomic E-state index is -4.42. The third-order valence-corrected chi connectivity index (χ3v) is 11.0. The smallest absolute Gasteiger partial charge is 0.294 e. The Kier molecular flexibility index (Phi) is 26.5. The van der Waals surface area contributed by atoms with Crippen LogP contribution in [0.1, 0.15) is 145 Å². The SMILES string of the molecule is C.C.C.C.CC(=O)c1cc(C(C)=O)cc(S(=O)(=O)O)c1.CC(=O)c1cc(C(C)=O)cc(S(N)(=O)=O)c1.CC(=O)c1cc(Oc2ccc(S(=O)(=O)O)cc2)cc(C(C)=O)c1.Cc1ccc(C)cc1. The van der Waals surface area contributed by atoms with Gasteiger partial charge in [0.25, 0.3) is 20.2 Å². The van der Waals surface area contributed by atoms with E-state index in [9.17, 15) is 54.0 Å². The first-order chi connectivity index (χ1) is 28.9. The molecular weight excluding hydrogens is 927 g/mol. The molecule has 366 valence electrons. The molecule has 16 nitrogen and oxygen atoms in total. The summed E-state index contributed by atoms with van der Waals surface area (Å²) in [5, 5.41) is 4.94. The van der Waals surface area contributed by atoms with Gasteiger partial charge >= 0.3 is 0 Å². The minimum absolute atomic E-state index is 0. The zero-order chi connectivity index (χ0) is 48.2. The first kappa shape index (κ1) is 64.9. The molecule has 0 radical (unpaired) electrons. The van der Waals surface area contributed by atoms with Gasteiger partial charge in [0.1, 0.15) is 11.5 Å². The third kappa shape index (κ3) is 21.7. The van der Waals surface area contributed by atoms with Crippen molar-refractivity contribution in [3.8, 4) is 11.5 Å². The molecule has 0 aliphatic rings. The van der Waals surface area contributed by atoms with Crippen LogP contribution in [0.2, 0.25) is 0 Å². The summed E-state index contributed by atoms with van der Waals surface area (Å²) >= 11 is 0. The van der Waals surface area contributed by atoms with Gasteiger partial charge in [0, 0.05) is 33.4 Å². The van der Waals surface area contributed by atoms with Crippen LogP contribution >= 0.6 is 0 Å². The number of ketones is 6.